The molecular weight excluding hydrogens is 332 g/mol. The zero-order valence-corrected chi connectivity index (χ0v) is 15.0. The highest BCUT2D eigenvalue weighted by Crippen LogP contribution is 2.28. The fourth-order valence-electron chi connectivity index (χ4n) is 1.83. The normalized spacial score (nSPS) is 11.8. The molecule has 0 fully saturated rings. The van der Waals surface area contributed by atoms with E-state index in [0.29, 0.717) is 6.54 Å². The van der Waals surface area contributed by atoms with Crippen molar-refractivity contribution < 1.29 is 9.53 Å². The Balaban J connectivity index is 1.74. The predicted molar refractivity (Wildman–Crippen MR) is 94.5 cm³/mol. The topological polar surface area (TPSA) is 76.1 Å². The van der Waals surface area contributed by atoms with Crippen molar-refractivity contribution in [3.63, 3.8) is 0 Å². The highest BCUT2D eigenvalue weighted by molar-refractivity contribution is 8.02. The first-order valence-electron chi connectivity index (χ1n) is 7.21. The van der Waals surface area contributed by atoms with Crippen LogP contribution in [0.1, 0.15) is 12.5 Å². The number of methoxy groups -OCH3 is 1. The summed E-state index contributed by atoms with van der Waals surface area (Å²) in [7, 11) is 3.44. The van der Waals surface area contributed by atoms with E-state index in [4.69, 9.17) is 4.74 Å². The maximum atomic E-state index is 12.1. The number of benzene rings is 1. The van der Waals surface area contributed by atoms with Gasteiger partial charge in [-0.1, -0.05) is 35.2 Å². The average Bonchev–Trinajstić information content (AvgIpc) is 3.03. The summed E-state index contributed by atoms with van der Waals surface area (Å²) in [4.78, 5) is 12.1. The van der Waals surface area contributed by atoms with Gasteiger partial charge in [-0.25, -0.2) is 0 Å². The van der Waals surface area contributed by atoms with Crippen LogP contribution in [0.2, 0.25) is 0 Å². The fourth-order valence-corrected chi connectivity index (χ4v) is 3.70. The molecule has 6 nitrogen and oxygen atoms in total. The molecule has 0 aliphatic rings. The first kappa shape index (κ1) is 17.6. The van der Waals surface area contributed by atoms with Crippen LogP contribution in [-0.2, 0) is 11.2 Å². The maximum absolute atomic E-state index is 12.1. The summed E-state index contributed by atoms with van der Waals surface area (Å²) in [5, 5.41) is 14.4. The molecular formula is C15H20N4O2S2. The van der Waals surface area contributed by atoms with E-state index in [1.807, 2.05) is 31.2 Å². The van der Waals surface area contributed by atoms with E-state index in [-0.39, 0.29) is 11.2 Å². The van der Waals surface area contributed by atoms with Crippen LogP contribution in [0.4, 0.5) is 5.13 Å². The summed E-state index contributed by atoms with van der Waals surface area (Å²) in [6, 6.07) is 7.85. The van der Waals surface area contributed by atoms with Crippen LogP contribution in [0.25, 0.3) is 0 Å². The van der Waals surface area contributed by atoms with Crippen molar-refractivity contribution in [2.45, 2.75) is 22.9 Å². The third kappa shape index (κ3) is 5.40. The Hall–Kier alpha value is -1.80. The Morgan fingerprint density at radius 3 is 2.70 bits per heavy atom. The van der Waals surface area contributed by atoms with Gasteiger partial charge in [0.15, 0.2) is 4.34 Å². The molecule has 0 radical (unpaired) electrons. The predicted octanol–water partition coefficient (Wildman–Crippen LogP) is 2.43. The summed E-state index contributed by atoms with van der Waals surface area (Å²) < 4.78 is 5.91. The summed E-state index contributed by atoms with van der Waals surface area (Å²) in [6.07, 6.45) is 0.788. The molecule has 1 atom stereocenters. The Kier molecular flexibility index (Phi) is 6.66. The van der Waals surface area contributed by atoms with E-state index in [2.05, 4.69) is 20.8 Å². The average molecular weight is 352 g/mol. The molecule has 0 bridgehead atoms. The first-order valence-corrected chi connectivity index (χ1v) is 8.90. The quantitative estimate of drug-likeness (QED) is 0.711. The molecule has 23 heavy (non-hydrogen) atoms. The van der Waals surface area contributed by atoms with Crippen molar-refractivity contribution in [2.24, 2.45) is 0 Å². The second-order valence-corrected chi connectivity index (χ2v) is 7.34. The minimum absolute atomic E-state index is 0.00437. The lowest BCUT2D eigenvalue weighted by Gasteiger charge is -2.10. The number of hydrogen-bond donors (Lipinski definition) is 2. The van der Waals surface area contributed by atoms with Crippen molar-refractivity contribution in [3.05, 3.63) is 29.8 Å². The molecule has 2 aromatic rings. The molecule has 1 aromatic heterocycles. The number of nitrogens with zero attached hydrogens (tertiary/aromatic N) is 2. The zero-order valence-electron chi connectivity index (χ0n) is 13.3. The highest BCUT2D eigenvalue weighted by Gasteiger charge is 2.16. The van der Waals surface area contributed by atoms with Crippen molar-refractivity contribution >= 4 is 34.1 Å². The molecule has 1 amide bonds. The summed E-state index contributed by atoms with van der Waals surface area (Å²) >= 11 is 2.86. The van der Waals surface area contributed by atoms with Crippen molar-refractivity contribution in [1.82, 2.24) is 15.5 Å². The van der Waals surface area contributed by atoms with Gasteiger partial charge in [-0.15, -0.1) is 10.2 Å². The van der Waals surface area contributed by atoms with Gasteiger partial charge in [0.1, 0.15) is 5.75 Å². The third-order valence-corrected chi connectivity index (χ3v) is 5.26. The summed E-state index contributed by atoms with van der Waals surface area (Å²) in [6.45, 7) is 2.47. The molecule has 2 rings (SSSR count). The van der Waals surface area contributed by atoms with E-state index in [1.54, 1.807) is 14.2 Å². The van der Waals surface area contributed by atoms with Crippen LogP contribution < -0.4 is 15.4 Å². The SMILES string of the molecule is CNc1nnc(S[C@@H](C)C(=O)NCCc2ccc(OC)cc2)s1. The molecule has 8 heteroatoms. The Morgan fingerprint density at radius 2 is 2.09 bits per heavy atom. The molecule has 0 spiro atoms. The van der Waals surface area contributed by atoms with Crippen LogP contribution in [0.15, 0.2) is 28.6 Å². The minimum Gasteiger partial charge on any atom is -0.497 e. The Bertz CT molecular complexity index is 631. The molecule has 0 saturated carbocycles. The van der Waals surface area contributed by atoms with Gasteiger partial charge >= 0.3 is 0 Å². The van der Waals surface area contributed by atoms with Crippen LogP contribution >= 0.6 is 23.1 Å². The van der Waals surface area contributed by atoms with Crippen molar-refractivity contribution in [1.29, 1.82) is 0 Å². The number of nitrogens with one attached hydrogen (secondary N) is 2. The number of carbonyl (C=O) groups excluding carboxylic acids is 1. The van der Waals surface area contributed by atoms with Gasteiger partial charge in [0, 0.05) is 13.6 Å². The van der Waals surface area contributed by atoms with Crippen LogP contribution in [0, 0.1) is 0 Å². The second-order valence-electron chi connectivity index (χ2n) is 4.77. The lowest BCUT2D eigenvalue weighted by molar-refractivity contribution is -0.120. The lowest BCUT2D eigenvalue weighted by atomic mass is 10.1. The molecule has 1 heterocycles. The summed E-state index contributed by atoms with van der Waals surface area (Å²) in [5.74, 6) is 0.838. The van der Waals surface area contributed by atoms with E-state index < -0.39 is 0 Å². The van der Waals surface area contributed by atoms with Crippen molar-refractivity contribution in [3.8, 4) is 5.75 Å². The van der Waals surface area contributed by atoms with Crippen molar-refractivity contribution in [2.75, 3.05) is 26.0 Å². The fraction of sp³-hybridized carbons (Fsp3) is 0.400. The number of thioether (sulfide) groups is 1. The molecule has 0 aliphatic heterocycles. The minimum atomic E-state index is -0.205. The lowest BCUT2D eigenvalue weighted by Crippen LogP contribution is -2.32. The highest BCUT2D eigenvalue weighted by atomic mass is 32.2. The molecule has 0 saturated heterocycles. The van der Waals surface area contributed by atoms with Gasteiger partial charge in [-0.3, -0.25) is 4.79 Å². The smallest absolute Gasteiger partial charge is 0.233 e. The largest absolute Gasteiger partial charge is 0.497 e. The Labute approximate surface area is 144 Å². The number of carbonyl (C=O) groups is 1. The third-order valence-electron chi connectivity index (χ3n) is 3.14. The van der Waals surface area contributed by atoms with Crippen LogP contribution in [-0.4, -0.2) is 42.1 Å². The van der Waals surface area contributed by atoms with Gasteiger partial charge in [-0.2, -0.15) is 0 Å². The monoisotopic (exact) mass is 352 g/mol. The molecule has 2 N–H and O–H groups in total. The maximum Gasteiger partial charge on any atom is 0.233 e. The second kappa shape index (κ2) is 8.73. The molecule has 0 aliphatic carbocycles. The molecule has 0 unspecified atom stereocenters. The molecule has 124 valence electrons. The number of aromatic nitrogens is 2. The number of hydrogen-bond acceptors (Lipinski definition) is 7. The van der Waals surface area contributed by atoms with Gasteiger partial charge in [-0.05, 0) is 31.0 Å². The van der Waals surface area contributed by atoms with Gasteiger partial charge in [0.2, 0.25) is 11.0 Å². The van der Waals surface area contributed by atoms with E-state index in [0.717, 1.165) is 27.2 Å². The standard InChI is InChI=1S/C15H20N4O2S2/c1-10(22-15-19-18-14(16-2)23-15)13(20)17-9-8-11-4-6-12(21-3)7-5-11/h4-7,10H,8-9H2,1-3H3,(H,16,18)(H,17,20)/t10-/m0/s1. The Morgan fingerprint density at radius 1 is 1.35 bits per heavy atom. The number of amides is 1. The number of anilines is 1. The number of rotatable bonds is 8. The number of ether oxygens (including phenoxy) is 1. The van der Waals surface area contributed by atoms with Gasteiger partial charge in [0.05, 0.1) is 12.4 Å². The zero-order chi connectivity index (χ0) is 16.7. The van der Waals surface area contributed by atoms with E-state index in [1.165, 1.54) is 23.1 Å². The van der Waals surface area contributed by atoms with E-state index in [9.17, 15) is 4.79 Å². The van der Waals surface area contributed by atoms with Crippen LogP contribution in [0.5, 0.6) is 5.75 Å². The molecule has 1 aromatic carbocycles. The van der Waals surface area contributed by atoms with Gasteiger partial charge < -0.3 is 15.4 Å². The van der Waals surface area contributed by atoms with Crippen LogP contribution in [0.3, 0.4) is 0 Å². The first-order chi connectivity index (χ1) is 11.1. The van der Waals surface area contributed by atoms with E-state index >= 15 is 0 Å². The van der Waals surface area contributed by atoms with Gasteiger partial charge in [0.25, 0.3) is 0 Å². The summed E-state index contributed by atoms with van der Waals surface area (Å²) in [5.41, 5.74) is 1.16.